The van der Waals surface area contributed by atoms with E-state index in [4.69, 9.17) is 4.74 Å². The Balaban J connectivity index is 3.05. The SMILES string of the molecule is C[CH]CCCC(=O)OCC. The van der Waals surface area contributed by atoms with Gasteiger partial charge in [-0.25, -0.2) is 0 Å². The molecule has 10 heavy (non-hydrogen) atoms. The van der Waals surface area contributed by atoms with E-state index < -0.39 is 0 Å². The molecule has 0 aliphatic heterocycles. The summed E-state index contributed by atoms with van der Waals surface area (Å²) in [5.41, 5.74) is 0. The van der Waals surface area contributed by atoms with Crippen LogP contribution in [0.2, 0.25) is 0 Å². The Labute approximate surface area is 62.6 Å². The maximum absolute atomic E-state index is 10.7. The largest absolute Gasteiger partial charge is 0.466 e. The van der Waals surface area contributed by atoms with Crippen LogP contribution < -0.4 is 0 Å². The minimum atomic E-state index is -0.0793. The molecule has 2 heteroatoms. The molecule has 0 saturated carbocycles. The van der Waals surface area contributed by atoms with Gasteiger partial charge >= 0.3 is 5.97 Å². The smallest absolute Gasteiger partial charge is 0.305 e. The summed E-state index contributed by atoms with van der Waals surface area (Å²) < 4.78 is 4.74. The van der Waals surface area contributed by atoms with Gasteiger partial charge in [0.1, 0.15) is 0 Å². The minimum Gasteiger partial charge on any atom is -0.466 e. The van der Waals surface area contributed by atoms with Crippen LogP contribution in [-0.2, 0) is 9.53 Å². The fraction of sp³-hybridized carbons (Fsp3) is 0.750. The van der Waals surface area contributed by atoms with E-state index in [1.165, 1.54) is 0 Å². The van der Waals surface area contributed by atoms with Crippen molar-refractivity contribution in [3.8, 4) is 0 Å². The molecule has 0 N–H and O–H groups in total. The third-order valence-corrected chi connectivity index (χ3v) is 1.18. The van der Waals surface area contributed by atoms with Crippen LogP contribution >= 0.6 is 0 Å². The Bertz CT molecular complexity index is 89.3. The Hall–Kier alpha value is -0.530. The lowest BCUT2D eigenvalue weighted by Gasteiger charge is -1.99. The first-order valence-corrected chi connectivity index (χ1v) is 3.74. The lowest BCUT2D eigenvalue weighted by atomic mass is 10.2. The number of rotatable bonds is 5. The Kier molecular flexibility index (Phi) is 6.24. The normalized spacial score (nSPS) is 9.40. The number of unbranched alkanes of at least 4 members (excludes halogenated alkanes) is 2. The number of esters is 1. The molecular weight excluding hydrogens is 128 g/mol. The van der Waals surface area contributed by atoms with E-state index in [0.29, 0.717) is 13.0 Å². The highest BCUT2D eigenvalue weighted by atomic mass is 16.5. The standard InChI is InChI=1S/C8H15O2/c1-3-5-6-7-8(9)10-4-2/h3H,4-7H2,1-2H3. The van der Waals surface area contributed by atoms with E-state index in [1.807, 2.05) is 13.8 Å². The molecule has 0 aliphatic rings. The third-order valence-electron chi connectivity index (χ3n) is 1.18. The number of ether oxygens (including phenoxy) is 1. The zero-order valence-electron chi connectivity index (χ0n) is 6.72. The lowest BCUT2D eigenvalue weighted by Crippen LogP contribution is -2.02. The third kappa shape index (κ3) is 5.60. The van der Waals surface area contributed by atoms with E-state index >= 15 is 0 Å². The Morgan fingerprint density at radius 1 is 1.60 bits per heavy atom. The number of carbonyl (C=O) groups excluding carboxylic acids is 1. The Morgan fingerprint density at radius 3 is 2.80 bits per heavy atom. The molecule has 0 atom stereocenters. The zero-order chi connectivity index (χ0) is 7.82. The molecule has 0 fully saturated rings. The average Bonchev–Trinajstić information content (AvgIpc) is 1.89. The van der Waals surface area contributed by atoms with Crippen LogP contribution in [-0.4, -0.2) is 12.6 Å². The molecule has 2 nitrogen and oxygen atoms in total. The summed E-state index contributed by atoms with van der Waals surface area (Å²) >= 11 is 0. The van der Waals surface area contributed by atoms with Crippen molar-refractivity contribution in [1.82, 2.24) is 0 Å². The van der Waals surface area contributed by atoms with Gasteiger partial charge in [0.15, 0.2) is 0 Å². The fourth-order valence-corrected chi connectivity index (χ4v) is 0.684. The van der Waals surface area contributed by atoms with Crippen LogP contribution in [0, 0.1) is 6.42 Å². The van der Waals surface area contributed by atoms with Crippen LogP contribution in [0.25, 0.3) is 0 Å². The van der Waals surface area contributed by atoms with Crippen molar-refractivity contribution in [2.45, 2.75) is 33.1 Å². The maximum Gasteiger partial charge on any atom is 0.305 e. The van der Waals surface area contributed by atoms with Crippen LogP contribution in [0.4, 0.5) is 0 Å². The summed E-state index contributed by atoms with van der Waals surface area (Å²) in [5, 5.41) is 0. The molecule has 0 saturated heterocycles. The van der Waals surface area contributed by atoms with E-state index in [9.17, 15) is 4.79 Å². The van der Waals surface area contributed by atoms with Crippen molar-refractivity contribution < 1.29 is 9.53 Å². The molecule has 0 aromatic carbocycles. The summed E-state index contributed by atoms with van der Waals surface area (Å²) in [6, 6.07) is 0. The van der Waals surface area contributed by atoms with Gasteiger partial charge in [0.25, 0.3) is 0 Å². The predicted octanol–water partition coefficient (Wildman–Crippen LogP) is 1.94. The summed E-state index contributed by atoms with van der Waals surface area (Å²) in [6.45, 7) is 4.31. The Morgan fingerprint density at radius 2 is 2.30 bits per heavy atom. The van der Waals surface area contributed by atoms with Crippen molar-refractivity contribution in [2.75, 3.05) is 6.61 Å². The van der Waals surface area contributed by atoms with Gasteiger partial charge in [0, 0.05) is 6.42 Å². The molecule has 0 unspecified atom stereocenters. The second-order valence-corrected chi connectivity index (χ2v) is 2.11. The van der Waals surface area contributed by atoms with E-state index in [0.717, 1.165) is 12.8 Å². The maximum atomic E-state index is 10.7. The molecule has 0 spiro atoms. The van der Waals surface area contributed by atoms with Gasteiger partial charge in [0.05, 0.1) is 6.61 Å². The molecule has 0 aromatic heterocycles. The van der Waals surface area contributed by atoms with E-state index in [2.05, 4.69) is 6.42 Å². The minimum absolute atomic E-state index is 0.0793. The second-order valence-electron chi connectivity index (χ2n) is 2.11. The van der Waals surface area contributed by atoms with Gasteiger partial charge in [-0.05, 0) is 26.2 Å². The summed E-state index contributed by atoms with van der Waals surface area (Å²) in [7, 11) is 0. The lowest BCUT2D eigenvalue weighted by molar-refractivity contribution is -0.143. The fourth-order valence-electron chi connectivity index (χ4n) is 0.684. The summed E-state index contributed by atoms with van der Waals surface area (Å²) in [4.78, 5) is 10.7. The summed E-state index contributed by atoms with van der Waals surface area (Å²) in [5.74, 6) is -0.0793. The van der Waals surface area contributed by atoms with Crippen LogP contribution in [0.5, 0.6) is 0 Å². The molecule has 0 aromatic rings. The zero-order valence-corrected chi connectivity index (χ0v) is 6.72. The first-order valence-electron chi connectivity index (χ1n) is 3.74. The number of hydrogen-bond acceptors (Lipinski definition) is 2. The van der Waals surface area contributed by atoms with Gasteiger partial charge < -0.3 is 4.74 Å². The van der Waals surface area contributed by atoms with Gasteiger partial charge in [-0.1, -0.05) is 6.92 Å². The molecule has 1 radical (unpaired) electrons. The number of carbonyl (C=O) groups is 1. The van der Waals surface area contributed by atoms with Crippen LogP contribution in [0.3, 0.4) is 0 Å². The van der Waals surface area contributed by atoms with Crippen molar-refractivity contribution in [1.29, 1.82) is 0 Å². The monoisotopic (exact) mass is 143 g/mol. The van der Waals surface area contributed by atoms with Crippen molar-refractivity contribution >= 4 is 5.97 Å². The van der Waals surface area contributed by atoms with E-state index in [1.54, 1.807) is 0 Å². The molecule has 0 bridgehead atoms. The van der Waals surface area contributed by atoms with Gasteiger partial charge in [0.2, 0.25) is 0 Å². The van der Waals surface area contributed by atoms with Crippen LogP contribution in [0.15, 0.2) is 0 Å². The molecule has 0 rings (SSSR count). The predicted molar refractivity (Wildman–Crippen MR) is 40.5 cm³/mol. The van der Waals surface area contributed by atoms with Crippen molar-refractivity contribution in [3.63, 3.8) is 0 Å². The van der Waals surface area contributed by atoms with Crippen LogP contribution in [0.1, 0.15) is 33.1 Å². The highest BCUT2D eigenvalue weighted by Crippen LogP contribution is 1.98. The second kappa shape index (κ2) is 6.59. The highest BCUT2D eigenvalue weighted by Gasteiger charge is 1.98. The first kappa shape index (κ1) is 9.47. The summed E-state index contributed by atoms with van der Waals surface area (Å²) in [6.07, 6.45) is 4.52. The van der Waals surface area contributed by atoms with Crippen molar-refractivity contribution in [2.24, 2.45) is 0 Å². The molecule has 0 heterocycles. The number of hydrogen-bond donors (Lipinski definition) is 0. The average molecular weight is 143 g/mol. The quantitative estimate of drug-likeness (QED) is 0.434. The molecule has 0 amide bonds. The van der Waals surface area contributed by atoms with Crippen molar-refractivity contribution in [3.05, 3.63) is 6.42 Å². The highest BCUT2D eigenvalue weighted by molar-refractivity contribution is 5.69. The van der Waals surface area contributed by atoms with Gasteiger partial charge in [-0.15, -0.1) is 0 Å². The molecular formula is C8H15O2. The molecule has 59 valence electrons. The first-order chi connectivity index (χ1) is 4.81. The van der Waals surface area contributed by atoms with Gasteiger partial charge in [-0.3, -0.25) is 4.79 Å². The topological polar surface area (TPSA) is 26.3 Å². The molecule has 0 aliphatic carbocycles. The van der Waals surface area contributed by atoms with Gasteiger partial charge in [-0.2, -0.15) is 0 Å². The van der Waals surface area contributed by atoms with E-state index in [-0.39, 0.29) is 5.97 Å².